The maximum atomic E-state index is 9.59. The number of piperazine rings is 1. The van der Waals surface area contributed by atoms with E-state index in [1.807, 2.05) is 12.1 Å². The first-order valence-corrected chi connectivity index (χ1v) is 5.94. The molecule has 1 aliphatic heterocycles. The molecular formula is C13H20N2O. The zero-order chi connectivity index (χ0) is 11.4. The Kier molecular flexibility index (Phi) is 3.93. The van der Waals surface area contributed by atoms with Crippen molar-refractivity contribution in [3.8, 4) is 0 Å². The molecule has 1 aromatic carbocycles. The van der Waals surface area contributed by atoms with Crippen LogP contribution in [-0.2, 0) is 0 Å². The average molecular weight is 220 g/mol. The van der Waals surface area contributed by atoms with Gasteiger partial charge in [-0.3, -0.25) is 4.90 Å². The van der Waals surface area contributed by atoms with Gasteiger partial charge in [-0.05, 0) is 18.1 Å². The van der Waals surface area contributed by atoms with Crippen LogP contribution in [0, 0.1) is 6.92 Å². The molecule has 1 aromatic rings. The van der Waals surface area contributed by atoms with Gasteiger partial charge in [-0.25, -0.2) is 0 Å². The number of aryl methyl sites for hydroxylation is 1. The maximum Gasteiger partial charge on any atom is 0.0628 e. The van der Waals surface area contributed by atoms with Gasteiger partial charge >= 0.3 is 0 Å². The molecule has 0 radical (unpaired) electrons. The molecule has 0 aliphatic carbocycles. The van der Waals surface area contributed by atoms with Crippen LogP contribution in [0.3, 0.4) is 0 Å². The minimum Gasteiger partial charge on any atom is -0.394 e. The summed E-state index contributed by atoms with van der Waals surface area (Å²) in [6.45, 7) is 6.37. The lowest BCUT2D eigenvalue weighted by molar-refractivity contribution is 0.110. The van der Waals surface area contributed by atoms with Crippen molar-refractivity contribution in [2.75, 3.05) is 32.8 Å². The molecule has 16 heavy (non-hydrogen) atoms. The number of benzene rings is 1. The Labute approximate surface area is 97.1 Å². The van der Waals surface area contributed by atoms with Crippen LogP contribution >= 0.6 is 0 Å². The van der Waals surface area contributed by atoms with Gasteiger partial charge in [0, 0.05) is 26.2 Å². The first-order chi connectivity index (χ1) is 7.83. The summed E-state index contributed by atoms with van der Waals surface area (Å²) in [5, 5.41) is 12.9. The second kappa shape index (κ2) is 5.43. The molecule has 1 saturated heterocycles. The minimum atomic E-state index is 0.156. The van der Waals surface area contributed by atoms with Gasteiger partial charge in [-0.1, -0.05) is 24.3 Å². The SMILES string of the molecule is Cc1ccccc1[C@@H](CO)N1CCNCC1. The predicted molar refractivity (Wildman–Crippen MR) is 65.4 cm³/mol. The lowest BCUT2D eigenvalue weighted by Gasteiger charge is -2.34. The maximum absolute atomic E-state index is 9.59. The quantitative estimate of drug-likeness (QED) is 0.795. The largest absolute Gasteiger partial charge is 0.394 e. The zero-order valence-electron chi connectivity index (χ0n) is 9.82. The molecule has 88 valence electrons. The van der Waals surface area contributed by atoms with E-state index in [9.17, 15) is 5.11 Å². The molecule has 0 saturated carbocycles. The summed E-state index contributed by atoms with van der Waals surface area (Å²) in [5.41, 5.74) is 2.52. The molecular weight excluding hydrogens is 200 g/mol. The highest BCUT2D eigenvalue weighted by molar-refractivity contribution is 5.29. The van der Waals surface area contributed by atoms with E-state index in [1.165, 1.54) is 11.1 Å². The Hall–Kier alpha value is -0.900. The first kappa shape index (κ1) is 11.6. The third kappa shape index (κ3) is 2.43. The van der Waals surface area contributed by atoms with Crippen molar-refractivity contribution in [1.29, 1.82) is 0 Å². The van der Waals surface area contributed by atoms with Crippen LogP contribution in [0.15, 0.2) is 24.3 Å². The second-order valence-electron chi connectivity index (χ2n) is 4.34. The smallest absolute Gasteiger partial charge is 0.0628 e. The van der Waals surface area contributed by atoms with Gasteiger partial charge in [-0.2, -0.15) is 0 Å². The Bertz CT molecular complexity index is 334. The summed E-state index contributed by atoms with van der Waals surface area (Å²) in [6.07, 6.45) is 0. The highest BCUT2D eigenvalue weighted by atomic mass is 16.3. The second-order valence-corrected chi connectivity index (χ2v) is 4.34. The number of rotatable bonds is 3. The van der Waals surface area contributed by atoms with Crippen molar-refractivity contribution in [2.24, 2.45) is 0 Å². The average Bonchev–Trinajstić information content (AvgIpc) is 2.34. The highest BCUT2D eigenvalue weighted by Crippen LogP contribution is 2.23. The van der Waals surface area contributed by atoms with E-state index in [1.54, 1.807) is 0 Å². The van der Waals surface area contributed by atoms with Crippen LogP contribution in [0.1, 0.15) is 17.2 Å². The Morgan fingerprint density at radius 3 is 2.62 bits per heavy atom. The van der Waals surface area contributed by atoms with Gasteiger partial charge in [-0.15, -0.1) is 0 Å². The summed E-state index contributed by atoms with van der Waals surface area (Å²) in [7, 11) is 0. The van der Waals surface area contributed by atoms with Crippen molar-refractivity contribution in [3.05, 3.63) is 35.4 Å². The standard InChI is InChI=1S/C13H20N2O/c1-11-4-2-3-5-12(11)13(10-16)15-8-6-14-7-9-15/h2-5,13-14,16H,6-10H2,1H3/t13-/m1/s1. The third-order valence-electron chi connectivity index (χ3n) is 3.31. The van der Waals surface area contributed by atoms with E-state index in [2.05, 4.69) is 29.3 Å². The number of hydrogen-bond donors (Lipinski definition) is 2. The zero-order valence-corrected chi connectivity index (χ0v) is 9.82. The molecule has 3 heteroatoms. The molecule has 0 spiro atoms. The summed E-state index contributed by atoms with van der Waals surface area (Å²) in [6, 6.07) is 8.49. The van der Waals surface area contributed by atoms with Crippen molar-refractivity contribution in [2.45, 2.75) is 13.0 Å². The first-order valence-electron chi connectivity index (χ1n) is 5.94. The van der Waals surface area contributed by atoms with Gasteiger partial charge in [0.2, 0.25) is 0 Å². The Morgan fingerprint density at radius 2 is 2.00 bits per heavy atom. The lowest BCUT2D eigenvalue weighted by atomic mass is 10.00. The van der Waals surface area contributed by atoms with E-state index >= 15 is 0 Å². The van der Waals surface area contributed by atoms with Crippen molar-refractivity contribution in [1.82, 2.24) is 10.2 Å². The summed E-state index contributed by atoms with van der Waals surface area (Å²) in [5.74, 6) is 0. The number of aliphatic hydroxyl groups excluding tert-OH is 1. The molecule has 1 atom stereocenters. The Balaban J connectivity index is 2.18. The Morgan fingerprint density at radius 1 is 1.31 bits per heavy atom. The summed E-state index contributed by atoms with van der Waals surface area (Å²) >= 11 is 0. The number of nitrogens with one attached hydrogen (secondary N) is 1. The van der Waals surface area contributed by atoms with Gasteiger partial charge in [0.1, 0.15) is 0 Å². The van der Waals surface area contributed by atoms with Crippen LogP contribution in [0.5, 0.6) is 0 Å². The van der Waals surface area contributed by atoms with E-state index < -0.39 is 0 Å². The van der Waals surface area contributed by atoms with E-state index in [0.717, 1.165) is 26.2 Å². The van der Waals surface area contributed by atoms with E-state index in [-0.39, 0.29) is 12.6 Å². The van der Waals surface area contributed by atoms with Gasteiger partial charge in [0.05, 0.1) is 12.6 Å². The number of aliphatic hydroxyl groups is 1. The van der Waals surface area contributed by atoms with Crippen LogP contribution in [0.2, 0.25) is 0 Å². The summed E-state index contributed by atoms with van der Waals surface area (Å²) in [4.78, 5) is 2.36. The van der Waals surface area contributed by atoms with Gasteiger partial charge in [0.25, 0.3) is 0 Å². The van der Waals surface area contributed by atoms with Crippen LogP contribution in [0.25, 0.3) is 0 Å². The fraction of sp³-hybridized carbons (Fsp3) is 0.538. The van der Waals surface area contributed by atoms with Gasteiger partial charge < -0.3 is 10.4 Å². The molecule has 1 aliphatic rings. The fourth-order valence-electron chi connectivity index (χ4n) is 2.36. The van der Waals surface area contributed by atoms with Crippen molar-refractivity contribution >= 4 is 0 Å². The molecule has 0 unspecified atom stereocenters. The van der Waals surface area contributed by atoms with E-state index in [0.29, 0.717) is 0 Å². The number of hydrogen-bond acceptors (Lipinski definition) is 3. The van der Waals surface area contributed by atoms with Crippen molar-refractivity contribution in [3.63, 3.8) is 0 Å². The molecule has 0 bridgehead atoms. The monoisotopic (exact) mass is 220 g/mol. The van der Waals surface area contributed by atoms with Crippen LogP contribution < -0.4 is 5.32 Å². The molecule has 1 fully saturated rings. The van der Waals surface area contributed by atoms with E-state index in [4.69, 9.17) is 0 Å². The lowest BCUT2D eigenvalue weighted by Crippen LogP contribution is -2.46. The molecule has 1 heterocycles. The predicted octanol–water partition coefficient (Wildman–Crippen LogP) is 0.934. The molecule has 0 amide bonds. The molecule has 2 rings (SSSR count). The normalized spacial score (nSPS) is 19.6. The molecule has 2 N–H and O–H groups in total. The minimum absolute atomic E-state index is 0.156. The van der Waals surface area contributed by atoms with Crippen LogP contribution in [0.4, 0.5) is 0 Å². The number of nitrogens with zero attached hydrogens (tertiary/aromatic N) is 1. The third-order valence-corrected chi connectivity index (χ3v) is 3.31. The fourth-order valence-corrected chi connectivity index (χ4v) is 2.36. The van der Waals surface area contributed by atoms with Crippen LogP contribution in [-0.4, -0.2) is 42.8 Å². The van der Waals surface area contributed by atoms with Crippen molar-refractivity contribution < 1.29 is 5.11 Å². The van der Waals surface area contributed by atoms with Gasteiger partial charge in [0.15, 0.2) is 0 Å². The topological polar surface area (TPSA) is 35.5 Å². The highest BCUT2D eigenvalue weighted by Gasteiger charge is 2.22. The summed E-state index contributed by atoms with van der Waals surface area (Å²) < 4.78 is 0. The molecule has 3 nitrogen and oxygen atoms in total. The molecule has 0 aromatic heterocycles.